The summed E-state index contributed by atoms with van der Waals surface area (Å²) in [7, 11) is 0. The molecule has 0 radical (unpaired) electrons. The van der Waals surface area contributed by atoms with Crippen molar-refractivity contribution in [2.75, 3.05) is 6.54 Å². The molecule has 0 amide bonds. The fourth-order valence-electron chi connectivity index (χ4n) is 5.19. The lowest BCUT2D eigenvalue weighted by atomic mass is 9.68. The Kier molecular flexibility index (Phi) is 3.39. The van der Waals surface area contributed by atoms with Crippen LogP contribution in [0.1, 0.15) is 70.2 Å². The second-order valence-corrected chi connectivity index (χ2v) is 8.39. The van der Waals surface area contributed by atoms with Crippen LogP contribution in [0, 0.1) is 11.8 Å². The second kappa shape index (κ2) is 5.07. The van der Waals surface area contributed by atoms with Gasteiger partial charge >= 0.3 is 0 Å². The maximum atomic E-state index is 6.70. The van der Waals surface area contributed by atoms with Crippen molar-refractivity contribution in [3.05, 3.63) is 35.4 Å². The fourth-order valence-corrected chi connectivity index (χ4v) is 5.19. The molecular formula is C20H29NO. The lowest BCUT2D eigenvalue weighted by Gasteiger charge is -2.59. The Bertz CT molecular complexity index is 567. The third-order valence-electron chi connectivity index (χ3n) is 6.55. The minimum absolute atomic E-state index is 0.161. The summed E-state index contributed by atoms with van der Waals surface area (Å²) < 4.78 is 6.70. The van der Waals surface area contributed by atoms with Crippen LogP contribution in [-0.4, -0.2) is 23.1 Å². The normalized spacial score (nSPS) is 40.5. The van der Waals surface area contributed by atoms with Crippen LogP contribution < -0.4 is 0 Å². The average Bonchev–Trinajstić information content (AvgIpc) is 2.49. The maximum absolute atomic E-state index is 6.70. The van der Waals surface area contributed by atoms with E-state index in [4.69, 9.17) is 4.74 Å². The highest BCUT2D eigenvalue weighted by atomic mass is 16.5. The van der Waals surface area contributed by atoms with Gasteiger partial charge in [0.15, 0.2) is 0 Å². The first kappa shape index (κ1) is 14.7. The molecule has 0 N–H and O–H groups in total. The molecule has 1 saturated heterocycles. The van der Waals surface area contributed by atoms with Crippen molar-refractivity contribution in [3.8, 4) is 0 Å². The smallest absolute Gasteiger partial charge is 0.137 e. The van der Waals surface area contributed by atoms with E-state index in [0.29, 0.717) is 17.9 Å². The zero-order chi connectivity index (χ0) is 15.5. The number of hydrogen-bond acceptors (Lipinski definition) is 2. The maximum Gasteiger partial charge on any atom is 0.137 e. The SMILES string of the molecule is C[C@@H]1CC[C@@H]2[C@@H](C1)OC1c3ccccc3[C@H](C)CN1C2(C)C. The van der Waals surface area contributed by atoms with Crippen molar-refractivity contribution in [2.24, 2.45) is 11.8 Å². The molecule has 0 spiro atoms. The summed E-state index contributed by atoms with van der Waals surface area (Å²) in [4.78, 5) is 2.65. The Morgan fingerprint density at radius 3 is 2.59 bits per heavy atom. The molecule has 22 heavy (non-hydrogen) atoms. The van der Waals surface area contributed by atoms with Gasteiger partial charge < -0.3 is 4.74 Å². The van der Waals surface area contributed by atoms with Crippen LogP contribution in [0.2, 0.25) is 0 Å². The molecule has 4 rings (SSSR count). The molecule has 1 unspecified atom stereocenters. The Morgan fingerprint density at radius 2 is 1.82 bits per heavy atom. The predicted octanol–water partition coefficient (Wildman–Crippen LogP) is 4.72. The van der Waals surface area contributed by atoms with Crippen LogP contribution in [0.25, 0.3) is 0 Å². The third-order valence-corrected chi connectivity index (χ3v) is 6.55. The van der Waals surface area contributed by atoms with Crippen molar-refractivity contribution < 1.29 is 4.74 Å². The van der Waals surface area contributed by atoms with Crippen molar-refractivity contribution >= 4 is 0 Å². The van der Waals surface area contributed by atoms with Crippen LogP contribution in [0.5, 0.6) is 0 Å². The van der Waals surface area contributed by atoms with Gasteiger partial charge in [-0.05, 0) is 49.7 Å². The van der Waals surface area contributed by atoms with Crippen molar-refractivity contribution in [1.29, 1.82) is 0 Å². The number of ether oxygens (including phenoxy) is 1. The average molecular weight is 299 g/mol. The summed E-state index contributed by atoms with van der Waals surface area (Å²) >= 11 is 0. The largest absolute Gasteiger partial charge is 0.355 e. The molecule has 2 heterocycles. The first-order valence-electron chi connectivity index (χ1n) is 8.99. The third kappa shape index (κ3) is 2.07. The van der Waals surface area contributed by atoms with E-state index in [1.807, 2.05) is 0 Å². The van der Waals surface area contributed by atoms with Gasteiger partial charge in [0, 0.05) is 18.0 Å². The highest BCUT2D eigenvalue weighted by Crippen LogP contribution is 2.52. The Morgan fingerprint density at radius 1 is 1.09 bits per heavy atom. The molecular weight excluding hydrogens is 270 g/mol. The molecule has 1 aromatic carbocycles. The molecule has 1 aromatic rings. The number of rotatable bonds is 0. The zero-order valence-corrected chi connectivity index (χ0v) is 14.4. The standard InChI is InChI=1S/C20H29NO/c1-13-9-10-17-18(11-13)22-19-16-8-6-5-7-15(16)14(2)12-21(19)20(17,3)4/h5-8,13-14,17-19H,9-12H2,1-4H3/t13-,14-,17-,18-,19?/m1/s1. The van der Waals surface area contributed by atoms with Crippen molar-refractivity contribution in [3.63, 3.8) is 0 Å². The van der Waals surface area contributed by atoms with Gasteiger partial charge in [0.05, 0.1) is 6.10 Å². The highest BCUT2D eigenvalue weighted by molar-refractivity contribution is 5.35. The molecule has 120 valence electrons. The molecule has 2 aliphatic heterocycles. The topological polar surface area (TPSA) is 12.5 Å². The zero-order valence-electron chi connectivity index (χ0n) is 14.4. The summed E-state index contributed by atoms with van der Waals surface area (Å²) in [5.74, 6) is 2.08. The number of fused-ring (bicyclic) bond motifs is 4. The van der Waals surface area contributed by atoms with E-state index in [9.17, 15) is 0 Å². The van der Waals surface area contributed by atoms with Gasteiger partial charge in [0.1, 0.15) is 6.23 Å². The number of benzene rings is 1. The summed E-state index contributed by atoms with van der Waals surface area (Å²) in [6.45, 7) is 10.8. The van der Waals surface area contributed by atoms with E-state index < -0.39 is 0 Å². The van der Waals surface area contributed by atoms with E-state index in [-0.39, 0.29) is 11.8 Å². The van der Waals surface area contributed by atoms with E-state index in [1.54, 1.807) is 0 Å². The highest BCUT2D eigenvalue weighted by Gasteiger charge is 2.52. The van der Waals surface area contributed by atoms with Crippen molar-refractivity contribution in [2.45, 2.75) is 70.7 Å². The van der Waals surface area contributed by atoms with Gasteiger partial charge in [-0.2, -0.15) is 0 Å². The van der Waals surface area contributed by atoms with E-state index >= 15 is 0 Å². The van der Waals surface area contributed by atoms with Gasteiger partial charge in [-0.15, -0.1) is 0 Å². The van der Waals surface area contributed by atoms with Crippen LogP contribution in [0.15, 0.2) is 24.3 Å². The van der Waals surface area contributed by atoms with Crippen LogP contribution in [0.3, 0.4) is 0 Å². The monoisotopic (exact) mass is 299 g/mol. The lowest BCUT2D eigenvalue weighted by molar-refractivity contribution is -0.242. The van der Waals surface area contributed by atoms with Gasteiger partial charge in [0.25, 0.3) is 0 Å². The van der Waals surface area contributed by atoms with E-state index in [0.717, 1.165) is 12.5 Å². The molecule has 2 fully saturated rings. The van der Waals surface area contributed by atoms with Crippen molar-refractivity contribution in [1.82, 2.24) is 4.90 Å². The first-order chi connectivity index (χ1) is 10.5. The molecule has 1 aliphatic carbocycles. The van der Waals surface area contributed by atoms with Gasteiger partial charge in [-0.1, -0.05) is 44.5 Å². The van der Waals surface area contributed by atoms with Crippen LogP contribution in [0.4, 0.5) is 0 Å². The Labute approximate surface area is 134 Å². The molecule has 0 bridgehead atoms. The van der Waals surface area contributed by atoms with Gasteiger partial charge in [0.2, 0.25) is 0 Å². The van der Waals surface area contributed by atoms with Gasteiger partial charge in [-0.3, -0.25) is 4.90 Å². The molecule has 0 aromatic heterocycles. The summed E-state index contributed by atoms with van der Waals surface area (Å²) in [5.41, 5.74) is 3.13. The minimum atomic E-state index is 0.161. The predicted molar refractivity (Wildman–Crippen MR) is 89.8 cm³/mol. The number of nitrogens with zero attached hydrogens (tertiary/aromatic N) is 1. The second-order valence-electron chi connectivity index (χ2n) is 8.39. The molecule has 2 heteroatoms. The van der Waals surface area contributed by atoms with E-state index in [2.05, 4.69) is 56.9 Å². The summed E-state index contributed by atoms with van der Waals surface area (Å²) in [5, 5.41) is 0. The summed E-state index contributed by atoms with van der Waals surface area (Å²) in [6, 6.07) is 8.92. The Hall–Kier alpha value is -0.860. The summed E-state index contributed by atoms with van der Waals surface area (Å²) in [6.07, 6.45) is 4.50. The van der Waals surface area contributed by atoms with Gasteiger partial charge in [-0.25, -0.2) is 0 Å². The molecule has 1 saturated carbocycles. The lowest BCUT2D eigenvalue weighted by Crippen LogP contribution is -2.63. The molecule has 3 aliphatic rings. The molecule has 5 atom stereocenters. The number of hydrogen-bond donors (Lipinski definition) is 0. The molecule has 2 nitrogen and oxygen atoms in total. The first-order valence-corrected chi connectivity index (χ1v) is 8.99. The fraction of sp³-hybridized carbons (Fsp3) is 0.700. The van der Waals surface area contributed by atoms with Crippen LogP contribution >= 0.6 is 0 Å². The minimum Gasteiger partial charge on any atom is -0.355 e. The van der Waals surface area contributed by atoms with E-state index in [1.165, 1.54) is 30.4 Å². The quantitative estimate of drug-likeness (QED) is 0.687. The Balaban J connectivity index is 1.75. The van der Waals surface area contributed by atoms with Crippen LogP contribution in [-0.2, 0) is 4.74 Å².